The molecule has 1 rings (SSSR count). The third-order valence-corrected chi connectivity index (χ3v) is 1.42. The molecular weight excluding hydrogens is 112 g/mol. The average molecular weight is 123 g/mol. The molecule has 0 N–H and O–H groups in total. The summed E-state index contributed by atoms with van der Waals surface area (Å²) in [5.74, 6) is 0. The Bertz CT molecular complexity index is 181. The van der Waals surface area contributed by atoms with Crippen LogP contribution in [0.15, 0.2) is 0 Å². The lowest BCUT2D eigenvalue weighted by atomic mass is 10.3. The van der Waals surface area contributed by atoms with Crippen molar-refractivity contribution in [3.05, 3.63) is 17.5 Å². The number of rotatable bonds is 1. The van der Waals surface area contributed by atoms with E-state index in [1.54, 1.807) is 0 Å². The van der Waals surface area contributed by atoms with E-state index in [0.717, 1.165) is 17.8 Å². The zero-order chi connectivity index (χ0) is 6.85. The molecule has 1 heterocycles. The van der Waals surface area contributed by atoms with E-state index in [9.17, 15) is 0 Å². The summed E-state index contributed by atoms with van der Waals surface area (Å²) in [6.07, 6.45) is 0.974. The molecule has 49 valence electrons. The number of aryl methyl sites for hydroxylation is 3. The molecule has 9 heavy (non-hydrogen) atoms. The van der Waals surface area contributed by atoms with Gasteiger partial charge in [0.2, 0.25) is 0 Å². The van der Waals surface area contributed by atoms with Gasteiger partial charge in [-0.25, -0.2) is 0 Å². The van der Waals surface area contributed by atoms with Crippen LogP contribution < -0.4 is 0 Å². The lowest BCUT2D eigenvalue weighted by Crippen LogP contribution is -1.92. The lowest BCUT2D eigenvalue weighted by molar-refractivity contribution is 0.723. The molecule has 0 aliphatic rings. The second-order valence-electron chi connectivity index (χ2n) is 2.13. The third kappa shape index (κ3) is 1.12. The van der Waals surface area contributed by atoms with Crippen molar-refractivity contribution in [2.75, 3.05) is 0 Å². The van der Waals surface area contributed by atoms with Crippen molar-refractivity contribution in [2.24, 2.45) is 7.05 Å². The Morgan fingerprint density at radius 3 is 2.56 bits per heavy atom. The first-order valence-corrected chi connectivity index (χ1v) is 3.16. The van der Waals surface area contributed by atoms with Gasteiger partial charge in [-0.2, -0.15) is 5.10 Å². The molecule has 0 aliphatic heterocycles. The molecule has 0 amide bonds. The highest BCUT2D eigenvalue weighted by Crippen LogP contribution is 1.98. The summed E-state index contributed by atoms with van der Waals surface area (Å²) < 4.78 is 1.85. The van der Waals surface area contributed by atoms with Gasteiger partial charge in [0.25, 0.3) is 0 Å². The molecule has 1 radical (unpaired) electrons. The van der Waals surface area contributed by atoms with Crippen LogP contribution in [0, 0.1) is 13.0 Å². The second-order valence-corrected chi connectivity index (χ2v) is 2.13. The molecule has 0 fully saturated rings. The van der Waals surface area contributed by atoms with E-state index in [0.29, 0.717) is 0 Å². The van der Waals surface area contributed by atoms with Crippen LogP contribution in [0.5, 0.6) is 0 Å². The Morgan fingerprint density at radius 1 is 1.67 bits per heavy atom. The topological polar surface area (TPSA) is 17.8 Å². The monoisotopic (exact) mass is 123 g/mol. The maximum absolute atomic E-state index is 4.19. The summed E-state index contributed by atoms with van der Waals surface area (Å²) >= 11 is 0. The predicted octanol–water partition coefficient (Wildman–Crippen LogP) is 1.09. The Morgan fingerprint density at radius 2 is 2.33 bits per heavy atom. The van der Waals surface area contributed by atoms with Gasteiger partial charge in [0.15, 0.2) is 0 Å². The molecule has 1 aromatic heterocycles. The number of hydrogen-bond donors (Lipinski definition) is 0. The molecule has 1 aromatic rings. The molecule has 2 nitrogen and oxygen atoms in total. The normalized spacial score (nSPS) is 10.1. The summed E-state index contributed by atoms with van der Waals surface area (Å²) in [5.41, 5.74) is 2.15. The zero-order valence-corrected chi connectivity index (χ0v) is 6.10. The third-order valence-electron chi connectivity index (χ3n) is 1.42. The van der Waals surface area contributed by atoms with Crippen molar-refractivity contribution >= 4 is 0 Å². The Hall–Kier alpha value is -0.790. The molecule has 2 heteroatoms. The minimum atomic E-state index is 0.974. The van der Waals surface area contributed by atoms with Gasteiger partial charge < -0.3 is 0 Å². The van der Waals surface area contributed by atoms with E-state index >= 15 is 0 Å². The molecule has 0 saturated heterocycles. The Labute approximate surface area is 55.5 Å². The SMILES string of the molecule is CCc1[c]c(C)n(C)n1. The van der Waals surface area contributed by atoms with Gasteiger partial charge in [-0.15, -0.1) is 0 Å². The summed E-state index contributed by atoms with van der Waals surface area (Å²) in [6, 6.07) is 3.15. The van der Waals surface area contributed by atoms with Crippen LogP contribution in [-0.2, 0) is 13.5 Å². The first-order chi connectivity index (χ1) is 4.24. The largest absolute Gasteiger partial charge is 0.272 e. The highest BCUT2D eigenvalue weighted by molar-refractivity contribution is 5.05. The molecule has 0 unspecified atom stereocenters. The summed E-state index contributed by atoms with van der Waals surface area (Å²) in [4.78, 5) is 0. The average Bonchev–Trinajstić information content (AvgIpc) is 2.13. The van der Waals surface area contributed by atoms with Crippen LogP contribution >= 0.6 is 0 Å². The lowest BCUT2D eigenvalue weighted by Gasteiger charge is -1.88. The van der Waals surface area contributed by atoms with Crippen LogP contribution in [0.2, 0.25) is 0 Å². The van der Waals surface area contributed by atoms with Crippen LogP contribution in [-0.4, -0.2) is 9.78 Å². The van der Waals surface area contributed by atoms with E-state index in [2.05, 4.69) is 18.1 Å². The minimum absolute atomic E-state index is 0.974. The van der Waals surface area contributed by atoms with E-state index < -0.39 is 0 Å². The van der Waals surface area contributed by atoms with Gasteiger partial charge in [0, 0.05) is 18.8 Å². The van der Waals surface area contributed by atoms with E-state index in [1.807, 2.05) is 18.7 Å². The van der Waals surface area contributed by atoms with Crippen LogP contribution in [0.1, 0.15) is 18.3 Å². The van der Waals surface area contributed by atoms with Gasteiger partial charge >= 0.3 is 0 Å². The standard InChI is InChI=1S/C7H11N2/c1-4-7-5-6(2)9(3)8-7/h4H2,1-3H3. The van der Waals surface area contributed by atoms with Crippen molar-refractivity contribution < 1.29 is 0 Å². The highest BCUT2D eigenvalue weighted by atomic mass is 15.3. The number of aromatic nitrogens is 2. The molecule has 0 atom stereocenters. The molecule has 0 spiro atoms. The molecule has 0 aromatic carbocycles. The highest BCUT2D eigenvalue weighted by Gasteiger charge is 1.96. The fourth-order valence-electron chi connectivity index (χ4n) is 0.730. The van der Waals surface area contributed by atoms with Crippen molar-refractivity contribution in [3.8, 4) is 0 Å². The van der Waals surface area contributed by atoms with E-state index in [-0.39, 0.29) is 0 Å². The molecular formula is C7H11N2. The van der Waals surface area contributed by atoms with Crippen LogP contribution in [0.25, 0.3) is 0 Å². The first-order valence-electron chi connectivity index (χ1n) is 3.16. The van der Waals surface area contributed by atoms with Gasteiger partial charge in [0.05, 0.1) is 5.69 Å². The molecule has 0 aliphatic carbocycles. The van der Waals surface area contributed by atoms with Crippen LogP contribution in [0.4, 0.5) is 0 Å². The first kappa shape index (κ1) is 6.33. The van der Waals surface area contributed by atoms with Gasteiger partial charge in [-0.3, -0.25) is 4.68 Å². The minimum Gasteiger partial charge on any atom is -0.272 e. The van der Waals surface area contributed by atoms with Crippen molar-refractivity contribution in [3.63, 3.8) is 0 Å². The van der Waals surface area contributed by atoms with Crippen LogP contribution in [0.3, 0.4) is 0 Å². The maximum Gasteiger partial charge on any atom is 0.0704 e. The quantitative estimate of drug-likeness (QED) is 0.546. The van der Waals surface area contributed by atoms with Crippen molar-refractivity contribution in [2.45, 2.75) is 20.3 Å². The fourth-order valence-corrected chi connectivity index (χ4v) is 0.730. The van der Waals surface area contributed by atoms with E-state index in [1.165, 1.54) is 0 Å². The van der Waals surface area contributed by atoms with Gasteiger partial charge in [-0.05, 0) is 13.3 Å². The van der Waals surface area contributed by atoms with Gasteiger partial charge in [0.1, 0.15) is 0 Å². The molecule has 0 bridgehead atoms. The summed E-state index contributed by atoms with van der Waals surface area (Å²) in [5, 5.41) is 4.19. The summed E-state index contributed by atoms with van der Waals surface area (Å²) in [6.45, 7) is 4.09. The van der Waals surface area contributed by atoms with Crippen molar-refractivity contribution in [1.29, 1.82) is 0 Å². The smallest absolute Gasteiger partial charge is 0.0704 e. The van der Waals surface area contributed by atoms with Gasteiger partial charge in [-0.1, -0.05) is 6.92 Å². The second kappa shape index (κ2) is 2.21. The predicted molar refractivity (Wildman–Crippen MR) is 36.2 cm³/mol. The summed E-state index contributed by atoms with van der Waals surface area (Å²) in [7, 11) is 1.94. The number of hydrogen-bond acceptors (Lipinski definition) is 1. The number of nitrogens with zero attached hydrogens (tertiary/aromatic N) is 2. The zero-order valence-electron chi connectivity index (χ0n) is 6.10. The Kier molecular flexibility index (Phi) is 1.56. The maximum atomic E-state index is 4.19. The Balaban J connectivity index is 2.98. The fraction of sp³-hybridized carbons (Fsp3) is 0.571. The molecule has 0 saturated carbocycles. The van der Waals surface area contributed by atoms with E-state index in [4.69, 9.17) is 0 Å². The van der Waals surface area contributed by atoms with Crippen molar-refractivity contribution in [1.82, 2.24) is 9.78 Å².